The van der Waals surface area contributed by atoms with E-state index in [9.17, 15) is 13.6 Å². The van der Waals surface area contributed by atoms with Gasteiger partial charge in [-0.05, 0) is 18.6 Å². The molecule has 2 aromatic heterocycles. The number of hydrogen-bond donors (Lipinski definition) is 1. The molecule has 142 valence electrons. The van der Waals surface area contributed by atoms with Gasteiger partial charge in [-0.3, -0.25) is 4.79 Å². The molecular formula is C22H18F2N2O2. The average molecular weight is 380 g/mol. The Morgan fingerprint density at radius 3 is 2.64 bits per heavy atom. The summed E-state index contributed by atoms with van der Waals surface area (Å²) in [4.78, 5) is 12.9. The summed E-state index contributed by atoms with van der Waals surface area (Å²) in [7, 11) is 0. The zero-order chi connectivity index (χ0) is 19.7. The van der Waals surface area contributed by atoms with Crippen molar-refractivity contribution in [2.24, 2.45) is 0 Å². The molecule has 0 fully saturated rings. The van der Waals surface area contributed by atoms with Crippen LogP contribution in [0.4, 0.5) is 8.78 Å². The van der Waals surface area contributed by atoms with Crippen LogP contribution < -0.4 is 5.32 Å². The molecule has 4 nitrogen and oxygen atoms in total. The molecule has 0 spiro atoms. The van der Waals surface area contributed by atoms with Crippen molar-refractivity contribution >= 4 is 17.0 Å². The third kappa shape index (κ3) is 3.41. The van der Waals surface area contributed by atoms with Crippen molar-refractivity contribution in [3.63, 3.8) is 0 Å². The van der Waals surface area contributed by atoms with E-state index in [0.29, 0.717) is 16.8 Å². The van der Waals surface area contributed by atoms with Crippen LogP contribution in [0.5, 0.6) is 0 Å². The molecule has 0 unspecified atom stereocenters. The number of carbonyl (C=O) groups is 1. The predicted octanol–water partition coefficient (Wildman–Crippen LogP) is 5.05. The maximum absolute atomic E-state index is 14.2. The summed E-state index contributed by atoms with van der Waals surface area (Å²) in [6, 6.07) is 16.2. The quantitative estimate of drug-likeness (QED) is 0.527. The fraction of sp³-hybridized carbons (Fsp3) is 0.136. The number of carbonyl (C=O) groups excluding carboxylic acids is 1. The van der Waals surface area contributed by atoms with Crippen molar-refractivity contribution in [2.45, 2.75) is 19.5 Å². The largest absolute Gasteiger partial charge is 0.463 e. The topological polar surface area (TPSA) is 47.2 Å². The SMILES string of the molecule is C[C@@H](NC(=O)c1cc2occc2n1Cc1ccc(F)cc1F)c1ccccc1. The van der Waals surface area contributed by atoms with Crippen molar-refractivity contribution in [1.29, 1.82) is 0 Å². The van der Waals surface area contributed by atoms with Crippen LogP contribution >= 0.6 is 0 Å². The van der Waals surface area contributed by atoms with Crippen LogP contribution in [0.1, 0.15) is 34.6 Å². The van der Waals surface area contributed by atoms with E-state index in [-0.39, 0.29) is 24.1 Å². The number of nitrogens with one attached hydrogen (secondary N) is 1. The second-order valence-corrected chi connectivity index (χ2v) is 6.63. The zero-order valence-corrected chi connectivity index (χ0v) is 15.2. The van der Waals surface area contributed by atoms with Crippen LogP contribution in [0, 0.1) is 11.6 Å². The molecule has 0 aliphatic rings. The second kappa shape index (κ2) is 7.31. The second-order valence-electron chi connectivity index (χ2n) is 6.63. The minimum absolute atomic E-state index is 0.0810. The van der Waals surface area contributed by atoms with Gasteiger partial charge in [0.25, 0.3) is 5.91 Å². The average Bonchev–Trinajstić information content (AvgIpc) is 3.27. The Kier molecular flexibility index (Phi) is 4.69. The van der Waals surface area contributed by atoms with Gasteiger partial charge in [0.2, 0.25) is 0 Å². The molecular weight excluding hydrogens is 362 g/mol. The van der Waals surface area contributed by atoms with Crippen LogP contribution in [0.2, 0.25) is 0 Å². The van der Waals surface area contributed by atoms with Gasteiger partial charge < -0.3 is 14.3 Å². The third-order valence-electron chi connectivity index (χ3n) is 4.75. The number of fused-ring (bicyclic) bond motifs is 1. The molecule has 2 heterocycles. The number of rotatable bonds is 5. The Morgan fingerprint density at radius 1 is 1.11 bits per heavy atom. The monoisotopic (exact) mass is 380 g/mol. The summed E-state index contributed by atoms with van der Waals surface area (Å²) in [5.41, 5.74) is 2.80. The first kappa shape index (κ1) is 18.0. The highest BCUT2D eigenvalue weighted by Gasteiger charge is 2.20. The molecule has 0 radical (unpaired) electrons. The lowest BCUT2D eigenvalue weighted by atomic mass is 10.1. The highest BCUT2D eigenvalue weighted by atomic mass is 19.1. The number of aromatic nitrogens is 1. The Labute approximate surface area is 160 Å². The van der Waals surface area contributed by atoms with Crippen LogP contribution in [0.25, 0.3) is 11.1 Å². The molecule has 4 rings (SSSR count). The van der Waals surface area contributed by atoms with Gasteiger partial charge in [-0.25, -0.2) is 8.78 Å². The summed E-state index contributed by atoms with van der Waals surface area (Å²) in [5, 5.41) is 2.96. The van der Waals surface area contributed by atoms with Gasteiger partial charge in [-0.1, -0.05) is 36.4 Å². The van der Waals surface area contributed by atoms with E-state index in [1.54, 1.807) is 16.7 Å². The van der Waals surface area contributed by atoms with Crippen molar-refractivity contribution in [3.8, 4) is 0 Å². The first-order valence-electron chi connectivity index (χ1n) is 8.89. The van der Waals surface area contributed by atoms with Gasteiger partial charge in [0.05, 0.1) is 24.4 Å². The highest BCUT2D eigenvalue weighted by Crippen LogP contribution is 2.24. The first-order valence-corrected chi connectivity index (χ1v) is 8.89. The van der Waals surface area contributed by atoms with E-state index in [2.05, 4.69) is 5.32 Å². The Hall–Kier alpha value is -3.41. The predicted molar refractivity (Wildman–Crippen MR) is 102 cm³/mol. The van der Waals surface area contributed by atoms with Gasteiger partial charge in [0.15, 0.2) is 5.58 Å². The van der Waals surface area contributed by atoms with Gasteiger partial charge >= 0.3 is 0 Å². The zero-order valence-electron chi connectivity index (χ0n) is 15.2. The molecule has 4 aromatic rings. The van der Waals surface area contributed by atoms with Crippen molar-refractivity contribution < 1.29 is 18.0 Å². The van der Waals surface area contributed by atoms with E-state index in [1.165, 1.54) is 18.4 Å². The maximum Gasteiger partial charge on any atom is 0.268 e. The maximum atomic E-state index is 14.2. The van der Waals surface area contributed by atoms with Crippen molar-refractivity contribution in [2.75, 3.05) is 0 Å². The summed E-state index contributed by atoms with van der Waals surface area (Å²) in [6.45, 7) is 1.97. The van der Waals surface area contributed by atoms with Gasteiger partial charge in [-0.2, -0.15) is 0 Å². The lowest BCUT2D eigenvalue weighted by Gasteiger charge is -2.16. The molecule has 6 heteroatoms. The molecule has 1 amide bonds. The van der Waals surface area contributed by atoms with Crippen LogP contribution in [0.3, 0.4) is 0 Å². The molecule has 28 heavy (non-hydrogen) atoms. The smallest absolute Gasteiger partial charge is 0.268 e. The number of benzene rings is 2. The van der Waals surface area contributed by atoms with Crippen LogP contribution in [-0.4, -0.2) is 10.5 Å². The first-order chi connectivity index (χ1) is 13.5. The Morgan fingerprint density at radius 2 is 1.89 bits per heavy atom. The van der Waals surface area contributed by atoms with Gasteiger partial charge in [-0.15, -0.1) is 0 Å². The Bertz CT molecular complexity index is 1130. The van der Waals surface area contributed by atoms with Crippen LogP contribution in [-0.2, 0) is 6.54 Å². The highest BCUT2D eigenvalue weighted by molar-refractivity contribution is 5.97. The van der Waals surface area contributed by atoms with E-state index in [0.717, 1.165) is 11.6 Å². The van der Waals surface area contributed by atoms with E-state index in [4.69, 9.17) is 4.42 Å². The summed E-state index contributed by atoms with van der Waals surface area (Å²) >= 11 is 0. The minimum atomic E-state index is -0.658. The number of halogens is 2. The van der Waals surface area contributed by atoms with Gasteiger partial charge in [0, 0.05) is 23.8 Å². The summed E-state index contributed by atoms with van der Waals surface area (Å²) in [5.74, 6) is -1.60. The lowest BCUT2D eigenvalue weighted by Crippen LogP contribution is -2.28. The number of amides is 1. The number of furan rings is 1. The molecule has 1 atom stereocenters. The Balaban J connectivity index is 1.66. The molecule has 1 N–H and O–H groups in total. The molecule has 2 aromatic carbocycles. The fourth-order valence-electron chi connectivity index (χ4n) is 3.25. The fourth-order valence-corrected chi connectivity index (χ4v) is 3.25. The van der Waals surface area contributed by atoms with Crippen molar-refractivity contribution in [3.05, 3.63) is 95.4 Å². The molecule has 0 saturated heterocycles. The molecule has 0 saturated carbocycles. The third-order valence-corrected chi connectivity index (χ3v) is 4.75. The molecule has 0 bridgehead atoms. The van der Waals surface area contributed by atoms with Crippen LogP contribution in [0.15, 0.2) is 71.3 Å². The normalized spacial score (nSPS) is 12.2. The standard InChI is InChI=1S/C22H18F2N2O2/c1-14(15-5-3-2-4-6-15)25-22(27)20-12-21-19(9-10-28-21)26(20)13-16-7-8-17(23)11-18(16)24/h2-12,14H,13H2,1H3,(H,25,27)/t14-/m1/s1. The summed E-state index contributed by atoms with van der Waals surface area (Å²) < 4.78 is 34.5. The molecule has 0 aliphatic carbocycles. The number of hydrogen-bond acceptors (Lipinski definition) is 2. The molecule has 0 aliphatic heterocycles. The van der Waals surface area contributed by atoms with E-state index >= 15 is 0 Å². The van der Waals surface area contributed by atoms with Crippen molar-refractivity contribution in [1.82, 2.24) is 9.88 Å². The summed E-state index contributed by atoms with van der Waals surface area (Å²) in [6.07, 6.45) is 1.51. The minimum Gasteiger partial charge on any atom is -0.463 e. The van der Waals surface area contributed by atoms with E-state index < -0.39 is 11.6 Å². The van der Waals surface area contributed by atoms with E-state index in [1.807, 2.05) is 37.3 Å². The lowest BCUT2D eigenvalue weighted by molar-refractivity contribution is 0.0931. The van der Waals surface area contributed by atoms with Gasteiger partial charge in [0.1, 0.15) is 17.3 Å². The number of nitrogens with zero attached hydrogens (tertiary/aromatic N) is 1.